The SMILES string of the molecule is C[C@H](Oc1ccc(F)cc1)C(=O)N1CCc2nc([C@H]3CCNC3)ncc2C1. The number of ether oxygens (including phenoxy) is 1. The molecule has 1 saturated heterocycles. The largest absolute Gasteiger partial charge is 0.481 e. The molecule has 7 heteroatoms. The Hall–Kier alpha value is -2.54. The van der Waals surface area contributed by atoms with Gasteiger partial charge in [0.05, 0.1) is 5.69 Å². The Bertz CT molecular complexity index is 821. The van der Waals surface area contributed by atoms with Crippen LogP contribution in [0.2, 0.25) is 0 Å². The zero-order chi connectivity index (χ0) is 18.8. The molecule has 0 bridgehead atoms. The summed E-state index contributed by atoms with van der Waals surface area (Å²) in [6.45, 7) is 4.77. The number of hydrogen-bond donors (Lipinski definition) is 1. The summed E-state index contributed by atoms with van der Waals surface area (Å²) in [6.07, 6.45) is 3.02. The smallest absolute Gasteiger partial charge is 0.263 e. The second-order valence-electron chi connectivity index (χ2n) is 7.11. The van der Waals surface area contributed by atoms with Crippen molar-refractivity contribution in [2.24, 2.45) is 0 Å². The lowest BCUT2D eigenvalue weighted by Crippen LogP contribution is -2.43. The summed E-state index contributed by atoms with van der Waals surface area (Å²) in [5.74, 6) is 1.36. The van der Waals surface area contributed by atoms with Crippen LogP contribution in [0, 0.1) is 5.82 Å². The highest BCUT2D eigenvalue weighted by atomic mass is 19.1. The molecular weight excluding hydrogens is 347 g/mol. The number of carbonyl (C=O) groups excluding carboxylic acids is 1. The van der Waals surface area contributed by atoms with Crippen LogP contribution in [0.3, 0.4) is 0 Å². The van der Waals surface area contributed by atoms with Crippen molar-refractivity contribution in [3.05, 3.63) is 53.4 Å². The number of nitrogens with zero attached hydrogens (tertiary/aromatic N) is 3. The molecule has 3 heterocycles. The van der Waals surface area contributed by atoms with Crippen molar-refractivity contribution < 1.29 is 13.9 Å². The summed E-state index contributed by atoms with van der Waals surface area (Å²) in [5, 5.41) is 3.34. The fourth-order valence-electron chi connectivity index (χ4n) is 3.62. The van der Waals surface area contributed by atoms with Crippen molar-refractivity contribution in [1.82, 2.24) is 20.2 Å². The Morgan fingerprint density at radius 2 is 2.19 bits per heavy atom. The van der Waals surface area contributed by atoms with Gasteiger partial charge in [0.2, 0.25) is 0 Å². The minimum Gasteiger partial charge on any atom is -0.481 e. The number of amides is 1. The van der Waals surface area contributed by atoms with Crippen LogP contribution in [0.1, 0.15) is 36.3 Å². The zero-order valence-electron chi connectivity index (χ0n) is 15.3. The monoisotopic (exact) mass is 370 g/mol. The summed E-state index contributed by atoms with van der Waals surface area (Å²) in [5.41, 5.74) is 2.04. The van der Waals surface area contributed by atoms with E-state index in [-0.39, 0.29) is 11.7 Å². The Labute approximate surface area is 157 Å². The van der Waals surface area contributed by atoms with E-state index in [2.05, 4.69) is 10.3 Å². The van der Waals surface area contributed by atoms with Gasteiger partial charge in [0.15, 0.2) is 6.10 Å². The second-order valence-corrected chi connectivity index (χ2v) is 7.11. The van der Waals surface area contributed by atoms with E-state index in [1.165, 1.54) is 24.3 Å². The van der Waals surface area contributed by atoms with E-state index in [0.717, 1.165) is 43.0 Å². The maximum atomic E-state index is 13.0. The molecule has 0 spiro atoms. The molecular formula is C20H23FN4O2. The Balaban J connectivity index is 1.40. The number of fused-ring (bicyclic) bond motifs is 1. The Morgan fingerprint density at radius 3 is 2.93 bits per heavy atom. The summed E-state index contributed by atoms with van der Waals surface area (Å²) < 4.78 is 18.7. The molecule has 142 valence electrons. The average molecular weight is 370 g/mol. The second kappa shape index (κ2) is 7.60. The molecule has 4 rings (SSSR count). The highest BCUT2D eigenvalue weighted by Crippen LogP contribution is 2.23. The van der Waals surface area contributed by atoms with Crippen LogP contribution < -0.4 is 10.1 Å². The predicted octanol–water partition coefficient (Wildman–Crippen LogP) is 2.04. The first-order valence-corrected chi connectivity index (χ1v) is 9.36. The predicted molar refractivity (Wildman–Crippen MR) is 97.9 cm³/mol. The molecule has 0 saturated carbocycles. The molecule has 2 aliphatic heterocycles. The highest BCUT2D eigenvalue weighted by Gasteiger charge is 2.28. The molecule has 1 aromatic heterocycles. The van der Waals surface area contributed by atoms with Crippen molar-refractivity contribution in [2.75, 3.05) is 19.6 Å². The van der Waals surface area contributed by atoms with Gasteiger partial charge in [-0.25, -0.2) is 14.4 Å². The van der Waals surface area contributed by atoms with Gasteiger partial charge in [-0.05, 0) is 44.2 Å². The molecule has 0 radical (unpaired) electrons. The standard InChI is InChI=1S/C20H23FN4O2/c1-13(27-17-4-2-16(21)3-5-17)20(26)25-9-7-18-15(12-25)11-23-19(24-18)14-6-8-22-10-14/h2-5,11,13-14,22H,6-10,12H2,1H3/t13-,14-/m0/s1. The first-order chi connectivity index (χ1) is 13.1. The third-order valence-electron chi connectivity index (χ3n) is 5.16. The minimum atomic E-state index is -0.637. The fraction of sp³-hybridized carbons (Fsp3) is 0.450. The Kier molecular flexibility index (Phi) is 5.03. The average Bonchev–Trinajstić information content (AvgIpc) is 3.23. The lowest BCUT2D eigenvalue weighted by molar-refractivity contribution is -0.138. The summed E-state index contributed by atoms with van der Waals surface area (Å²) in [7, 11) is 0. The summed E-state index contributed by atoms with van der Waals surface area (Å²) in [4.78, 5) is 23.8. The van der Waals surface area contributed by atoms with E-state index in [4.69, 9.17) is 9.72 Å². The van der Waals surface area contributed by atoms with Crippen molar-refractivity contribution >= 4 is 5.91 Å². The molecule has 2 aliphatic rings. The molecule has 27 heavy (non-hydrogen) atoms. The lowest BCUT2D eigenvalue weighted by atomic mass is 10.0. The summed E-state index contributed by atoms with van der Waals surface area (Å²) in [6, 6.07) is 5.69. The molecule has 1 N–H and O–H groups in total. The zero-order valence-corrected chi connectivity index (χ0v) is 15.3. The van der Waals surface area contributed by atoms with Crippen LogP contribution in [-0.2, 0) is 17.8 Å². The third kappa shape index (κ3) is 3.93. The van der Waals surface area contributed by atoms with Crippen molar-refractivity contribution in [1.29, 1.82) is 0 Å². The van der Waals surface area contributed by atoms with Gasteiger partial charge in [-0.15, -0.1) is 0 Å². The van der Waals surface area contributed by atoms with Gasteiger partial charge in [0.1, 0.15) is 17.4 Å². The van der Waals surface area contributed by atoms with E-state index >= 15 is 0 Å². The normalized spacial score (nSPS) is 20.2. The first kappa shape index (κ1) is 17.9. The van der Waals surface area contributed by atoms with Crippen LogP contribution in [-0.4, -0.2) is 46.5 Å². The molecule has 0 unspecified atom stereocenters. The number of aromatic nitrogens is 2. The molecule has 1 amide bonds. The van der Waals surface area contributed by atoms with Gasteiger partial charge in [-0.3, -0.25) is 4.79 Å². The fourth-order valence-corrected chi connectivity index (χ4v) is 3.62. The van der Waals surface area contributed by atoms with E-state index in [1.807, 2.05) is 6.20 Å². The number of hydrogen-bond acceptors (Lipinski definition) is 5. The van der Waals surface area contributed by atoms with Crippen molar-refractivity contribution in [3.63, 3.8) is 0 Å². The van der Waals surface area contributed by atoms with E-state index in [1.54, 1.807) is 11.8 Å². The third-order valence-corrected chi connectivity index (χ3v) is 5.16. The molecule has 2 aromatic rings. The van der Waals surface area contributed by atoms with E-state index in [0.29, 0.717) is 24.8 Å². The molecule has 2 atom stereocenters. The summed E-state index contributed by atoms with van der Waals surface area (Å²) >= 11 is 0. The number of benzene rings is 1. The quantitative estimate of drug-likeness (QED) is 0.892. The van der Waals surface area contributed by atoms with Crippen LogP contribution in [0.25, 0.3) is 0 Å². The van der Waals surface area contributed by atoms with Crippen LogP contribution >= 0.6 is 0 Å². The van der Waals surface area contributed by atoms with Crippen LogP contribution in [0.4, 0.5) is 4.39 Å². The number of carbonyl (C=O) groups is 1. The van der Waals surface area contributed by atoms with Gasteiger partial charge >= 0.3 is 0 Å². The van der Waals surface area contributed by atoms with Gasteiger partial charge in [0, 0.05) is 43.7 Å². The van der Waals surface area contributed by atoms with Crippen molar-refractivity contribution in [3.8, 4) is 5.75 Å². The van der Waals surface area contributed by atoms with Gasteiger partial charge in [-0.1, -0.05) is 0 Å². The van der Waals surface area contributed by atoms with E-state index < -0.39 is 6.10 Å². The number of rotatable bonds is 4. The van der Waals surface area contributed by atoms with Gasteiger partial charge in [-0.2, -0.15) is 0 Å². The molecule has 6 nitrogen and oxygen atoms in total. The van der Waals surface area contributed by atoms with Crippen molar-refractivity contribution in [2.45, 2.75) is 38.3 Å². The molecule has 1 aromatic carbocycles. The number of nitrogens with one attached hydrogen (secondary N) is 1. The Morgan fingerprint density at radius 1 is 1.37 bits per heavy atom. The topological polar surface area (TPSA) is 67.3 Å². The van der Waals surface area contributed by atoms with Crippen LogP contribution in [0.5, 0.6) is 5.75 Å². The molecule has 1 fully saturated rings. The number of halogens is 1. The van der Waals surface area contributed by atoms with E-state index in [9.17, 15) is 9.18 Å². The maximum Gasteiger partial charge on any atom is 0.263 e. The minimum absolute atomic E-state index is 0.0888. The van der Waals surface area contributed by atoms with Gasteiger partial charge in [0.25, 0.3) is 5.91 Å². The van der Waals surface area contributed by atoms with Crippen LogP contribution in [0.15, 0.2) is 30.5 Å². The first-order valence-electron chi connectivity index (χ1n) is 9.36. The highest BCUT2D eigenvalue weighted by molar-refractivity contribution is 5.81. The maximum absolute atomic E-state index is 13.0. The molecule has 0 aliphatic carbocycles. The lowest BCUT2D eigenvalue weighted by Gasteiger charge is -2.30. The van der Waals surface area contributed by atoms with Gasteiger partial charge < -0.3 is 15.0 Å².